The van der Waals surface area contributed by atoms with E-state index in [4.69, 9.17) is 9.63 Å². The largest absolute Gasteiger partial charge is 0.481 e. The van der Waals surface area contributed by atoms with Gasteiger partial charge in [0.15, 0.2) is 11.6 Å². The molecular weight excluding hydrogens is 298 g/mol. The lowest BCUT2D eigenvalue weighted by molar-refractivity contribution is -0.143. The molecule has 1 aromatic carbocycles. The minimum atomic E-state index is -0.797. The molecule has 120 valence electrons. The van der Waals surface area contributed by atoms with Crippen LogP contribution in [0.5, 0.6) is 0 Å². The van der Waals surface area contributed by atoms with E-state index in [0.717, 1.165) is 5.56 Å². The zero-order valence-corrected chi connectivity index (χ0v) is 12.4. The molecule has 7 heteroatoms. The van der Waals surface area contributed by atoms with Crippen LogP contribution in [0.2, 0.25) is 0 Å². The molecule has 1 aliphatic heterocycles. The number of hydrogen-bond donors (Lipinski definition) is 2. The van der Waals surface area contributed by atoms with Crippen LogP contribution in [0, 0.1) is 5.92 Å². The summed E-state index contributed by atoms with van der Waals surface area (Å²) in [6.07, 6.45) is 0.938. The van der Waals surface area contributed by atoms with E-state index in [0.29, 0.717) is 37.5 Å². The number of piperidine rings is 1. The summed E-state index contributed by atoms with van der Waals surface area (Å²) in [5, 5.41) is 15.5. The number of nitrogens with zero attached hydrogens (tertiary/aromatic N) is 2. The number of aromatic nitrogens is 1. The second-order valence-corrected chi connectivity index (χ2v) is 5.47. The number of nitrogens with one attached hydrogen (secondary N) is 1. The highest BCUT2D eigenvalue weighted by Gasteiger charge is 2.27. The predicted molar refractivity (Wildman–Crippen MR) is 82.9 cm³/mol. The minimum absolute atomic E-state index is 0.290. The quantitative estimate of drug-likeness (QED) is 0.908. The average molecular weight is 315 g/mol. The summed E-state index contributed by atoms with van der Waals surface area (Å²) in [6, 6.07) is 10.8. The third kappa shape index (κ3) is 3.50. The second-order valence-electron chi connectivity index (χ2n) is 5.47. The van der Waals surface area contributed by atoms with Crippen LogP contribution >= 0.6 is 0 Å². The van der Waals surface area contributed by atoms with Crippen LogP contribution in [0.1, 0.15) is 12.8 Å². The molecular formula is C16H17N3O4. The lowest BCUT2D eigenvalue weighted by Crippen LogP contribution is -2.42. The Kier molecular flexibility index (Phi) is 4.27. The van der Waals surface area contributed by atoms with Crippen molar-refractivity contribution in [3.8, 4) is 11.3 Å². The van der Waals surface area contributed by atoms with Gasteiger partial charge in [0, 0.05) is 24.7 Å². The normalized spacial score (nSPS) is 15.4. The van der Waals surface area contributed by atoms with Crippen molar-refractivity contribution in [3.63, 3.8) is 0 Å². The highest BCUT2D eigenvalue weighted by atomic mass is 16.5. The summed E-state index contributed by atoms with van der Waals surface area (Å²) in [5.74, 6) is -0.246. The molecule has 7 nitrogen and oxygen atoms in total. The number of carboxylic acid groups (broad SMARTS) is 1. The molecule has 0 saturated carbocycles. The van der Waals surface area contributed by atoms with Gasteiger partial charge in [-0.3, -0.25) is 10.1 Å². The molecule has 1 saturated heterocycles. The Morgan fingerprint density at radius 3 is 2.57 bits per heavy atom. The van der Waals surface area contributed by atoms with Gasteiger partial charge in [-0.1, -0.05) is 35.5 Å². The molecule has 0 radical (unpaired) electrons. The second kappa shape index (κ2) is 6.51. The third-order valence-corrected chi connectivity index (χ3v) is 3.93. The molecule has 23 heavy (non-hydrogen) atoms. The van der Waals surface area contributed by atoms with E-state index in [1.807, 2.05) is 30.3 Å². The van der Waals surface area contributed by atoms with E-state index in [-0.39, 0.29) is 11.9 Å². The van der Waals surface area contributed by atoms with Gasteiger partial charge in [-0.25, -0.2) is 4.79 Å². The molecule has 2 amide bonds. The first kappa shape index (κ1) is 15.1. The number of aliphatic carboxylic acids is 1. The molecule has 0 aliphatic carbocycles. The van der Waals surface area contributed by atoms with Gasteiger partial charge >= 0.3 is 12.0 Å². The Labute approximate surface area is 132 Å². The fraction of sp³-hybridized carbons (Fsp3) is 0.312. The number of anilines is 1. The van der Waals surface area contributed by atoms with Crippen LogP contribution in [-0.4, -0.2) is 40.3 Å². The number of urea groups is 1. The summed E-state index contributed by atoms with van der Waals surface area (Å²) in [5.41, 5.74) is 0.878. The number of carbonyl (C=O) groups is 2. The maximum Gasteiger partial charge on any atom is 0.323 e. The van der Waals surface area contributed by atoms with Crippen molar-refractivity contribution in [3.05, 3.63) is 36.4 Å². The Balaban J connectivity index is 1.59. The number of amides is 2. The topological polar surface area (TPSA) is 95.7 Å². The third-order valence-electron chi connectivity index (χ3n) is 3.93. The van der Waals surface area contributed by atoms with Crippen molar-refractivity contribution >= 4 is 17.8 Å². The SMILES string of the molecule is O=C(O)C1CCN(C(=O)Nc2cc(-c3ccccc3)on2)CC1. The number of carboxylic acids is 1. The van der Waals surface area contributed by atoms with Gasteiger partial charge in [0.1, 0.15) is 0 Å². The van der Waals surface area contributed by atoms with Crippen molar-refractivity contribution in [2.45, 2.75) is 12.8 Å². The molecule has 0 spiro atoms. The van der Waals surface area contributed by atoms with E-state index in [1.165, 1.54) is 0 Å². The van der Waals surface area contributed by atoms with Crippen molar-refractivity contribution < 1.29 is 19.2 Å². The molecule has 2 N–H and O–H groups in total. The number of hydrogen-bond acceptors (Lipinski definition) is 4. The first-order chi connectivity index (χ1) is 11.1. The molecule has 1 fully saturated rings. The van der Waals surface area contributed by atoms with Gasteiger partial charge in [-0.05, 0) is 12.8 Å². The molecule has 0 unspecified atom stereocenters. The van der Waals surface area contributed by atoms with Crippen LogP contribution in [0.4, 0.5) is 10.6 Å². The number of likely N-dealkylation sites (tertiary alicyclic amines) is 1. The molecule has 1 aliphatic rings. The standard InChI is InChI=1S/C16H17N3O4/c20-15(21)12-6-8-19(9-7-12)16(22)17-14-10-13(23-18-14)11-4-2-1-3-5-11/h1-5,10,12H,6-9H2,(H,20,21)(H,17,18,22). The van der Waals surface area contributed by atoms with Crippen LogP contribution in [0.3, 0.4) is 0 Å². The molecule has 0 bridgehead atoms. The Hall–Kier alpha value is -2.83. The first-order valence-electron chi connectivity index (χ1n) is 7.44. The summed E-state index contributed by atoms with van der Waals surface area (Å²) >= 11 is 0. The van der Waals surface area contributed by atoms with E-state index in [9.17, 15) is 9.59 Å². The fourth-order valence-electron chi connectivity index (χ4n) is 2.59. The van der Waals surface area contributed by atoms with Gasteiger partial charge in [0.25, 0.3) is 0 Å². The van der Waals surface area contributed by atoms with Crippen LogP contribution in [0.15, 0.2) is 40.9 Å². The van der Waals surface area contributed by atoms with Crippen LogP contribution < -0.4 is 5.32 Å². The van der Waals surface area contributed by atoms with Gasteiger partial charge in [-0.2, -0.15) is 0 Å². The van der Waals surface area contributed by atoms with Gasteiger partial charge in [0.2, 0.25) is 0 Å². The minimum Gasteiger partial charge on any atom is -0.481 e. The Morgan fingerprint density at radius 1 is 1.22 bits per heavy atom. The summed E-state index contributed by atoms with van der Waals surface area (Å²) in [6.45, 7) is 0.846. The van der Waals surface area contributed by atoms with Crippen molar-refractivity contribution in [2.75, 3.05) is 18.4 Å². The lowest BCUT2D eigenvalue weighted by Gasteiger charge is -2.29. The number of rotatable bonds is 3. The molecule has 0 atom stereocenters. The average Bonchev–Trinajstić information content (AvgIpc) is 3.04. The smallest absolute Gasteiger partial charge is 0.323 e. The highest BCUT2D eigenvalue weighted by Crippen LogP contribution is 2.23. The zero-order valence-electron chi connectivity index (χ0n) is 12.4. The first-order valence-corrected chi connectivity index (χ1v) is 7.44. The molecule has 1 aromatic heterocycles. The van der Waals surface area contributed by atoms with Crippen LogP contribution in [-0.2, 0) is 4.79 Å². The molecule has 3 rings (SSSR count). The van der Waals surface area contributed by atoms with Crippen molar-refractivity contribution in [1.29, 1.82) is 0 Å². The van der Waals surface area contributed by atoms with Gasteiger partial charge in [0.05, 0.1) is 5.92 Å². The van der Waals surface area contributed by atoms with Crippen molar-refractivity contribution in [1.82, 2.24) is 10.1 Å². The Morgan fingerprint density at radius 2 is 1.91 bits per heavy atom. The predicted octanol–water partition coefficient (Wildman–Crippen LogP) is 2.67. The summed E-state index contributed by atoms with van der Waals surface area (Å²) in [4.78, 5) is 24.7. The lowest BCUT2D eigenvalue weighted by atomic mass is 9.97. The number of carbonyl (C=O) groups excluding carboxylic acids is 1. The highest BCUT2D eigenvalue weighted by molar-refractivity contribution is 5.89. The van der Waals surface area contributed by atoms with Gasteiger partial charge in [-0.15, -0.1) is 0 Å². The van der Waals surface area contributed by atoms with Crippen molar-refractivity contribution in [2.24, 2.45) is 5.92 Å². The maximum absolute atomic E-state index is 12.2. The van der Waals surface area contributed by atoms with E-state index in [1.54, 1.807) is 11.0 Å². The Bertz CT molecular complexity index is 690. The molecule has 2 heterocycles. The maximum atomic E-state index is 12.2. The monoisotopic (exact) mass is 315 g/mol. The summed E-state index contributed by atoms with van der Waals surface area (Å²) < 4.78 is 5.23. The fourth-order valence-corrected chi connectivity index (χ4v) is 2.59. The molecule has 2 aromatic rings. The van der Waals surface area contributed by atoms with Gasteiger partial charge < -0.3 is 14.5 Å². The zero-order chi connectivity index (χ0) is 16.2. The summed E-state index contributed by atoms with van der Waals surface area (Å²) in [7, 11) is 0. The number of benzene rings is 1. The van der Waals surface area contributed by atoms with E-state index < -0.39 is 5.97 Å². The van der Waals surface area contributed by atoms with E-state index >= 15 is 0 Å². The van der Waals surface area contributed by atoms with Crippen LogP contribution in [0.25, 0.3) is 11.3 Å². The van der Waals surface area contributed by atoms with E-state index in [2.05, 4.69) is 10.5 Å².